The van der Waals surface area contributed by atoms with Crippen LogP contribution in [0.3, 0.4) is 0 Å². The second-order valence-electron chi connectivity index (χ2n) is 3.14. The minimum atomic E-state index is 0.212. The largest absolute Gasteiger partial charge is 0.507 e. The fraction of sp³-hybridized carbons (Fsp3) is 0. The molecule has 15 heavy (non-hydrogen) atoms. The zero-order chi connectivity index (χ0) is 10.8. The number of hydrogen-bond acceptors (Lipinski definition) is 1. The van der Waals surface area contributed by atoms with E-state index in [0.717, 1.165) is 9.13 Å². The molecule has 0 aromatic heterocycles. The van der Waals surface area contributed by atoms with Crippen molar-refractivity contribution in [3.63, 3.8) is 0 Å². The van der Waals surface area contributed by atoms with Crippen molar-refractivity contribution in [1.29, 1.82) is 0 Å². The van der Waals surface area contributed by atoms with Gasteiger partial charge in [-0.3, -0.25) is 0 Å². The van der Waals surface area contributed by atoms with Gasteiger partial charge in [0, 0.05) is 9.13 Å². The van der Waals surface area contributed by atoms with E-state index in [1.54, 1.807) is 18.2 Å². The average molecular weight is 331 g/mol. The topological polar surface area (TPSA) is 20.2 Å². The van der Waals surface area contributed by atoms with E-state index in [0.29, 0.717) is 10.6 Å². The Morgan fingerprint density at radius 2 is 1.67 bits per heavy atom. The molecule has 2 aromatic rings. The van der Waals surface area contributed by atoms with Gasteiger partial charge in [0.2, 0.25) is 0 Å². The Morgan fingerprint density at radius 1 is 1.00 bits per heavy atom. The van der Waals surface area contributed by atoms with E-state index < -0.39 is 0 Å². The Balaban J connectivity index is 2.58. The molecule has 0 saturated carbocycles. The molecule has 2 rings (SSSR count). The van der Waals surface area contributed by atoms with E-state index in [1.807, 2.05) is 24.3 Å². The molecule has 0 fully saturated rings. The highest BCUT2D eigenvalue weighted by molar-refractivity contribution is 14.1. The van der Waals surface area contributed by atoms with E-state index in [2.05, 4.69) is 22.6 Å². The van der Waals surface area contributed by atoms with Crippen LogP contribution in [0.25, 0.3) is 11.1 Å². The number of hydrogen-bond donors (Lipinski definition) is 1. The van der Waals surface area contributed by atoms with Crippen LogP contribution in [-0.2, 0) is 0 Å². The first-order chi connectivity index (χ1) is 7.18. The lowest BCUT2D eigenvalue weighted by atomic mass is 10.1. The molecule has 0 unspecified atom stereocenters. The van der Waals surface area contributed by atoms with E-state index in [4.69, 9.17) is 11.6 Å². The van der Waals surface area contributed by atoms with Crippen LogP contribution in [0.1, 0.15) is 0 Å². The van der Waals surface area contributed by atoms with Gasteiger partial charge in [-0.05, 0) is 52.4 Å². The second kappa shape index (κ2) is 4.41. The quantitative estimate of drug-likeness (QED) is 0.772. The van der Waals surface area contributed by atoms with E-state index in [1.165, 1.54) is 0 Å². The SMILES string of the molecule is Oc1cccc(Cl)c1-c1ccc(I)cc1. The smallest absolute Gasteiger partial charge is 0.124 e. The lowest BCUT2D eigenvalue weighted by Crippen LogP contribution is -1.81. The molecule has 1 N–H and O–H groups in total. The summed E-state index contributed by atoms with van der Waals surface area (Å²) in [5.74, 6) is 0.212. The van der Waals surface area contributed by atoms with Gasteiger partial charge in [0.15, 0.2) is 0 Å². The Morgan fingerprint density at radius 3 is 2.27 bits per heavy atom. The third-order valence-electron chi connectivity index (χ3n) is 2.12. The number of aromatic hydroxyl groups is 1. The Hall–Kier alpha value is -0.740. The summed E-state index contributed by atoms with van der Waals surface area (Å²) in [7, 11) is 0. The number of phenols is 1. The van der Waals surface area contributed by atoms with Crippen LogP contribution < -0.4 is 0 Å². The molecule has 3 heteroatoms. The number of halogens is 2. The van der Waals surface area contributed by atoms with Crippen molar-refractivity contribution in [3.05, 3.63) is 51.1 Å². The van der Waals surface area contributed by atoms with Gasteiger partial charge < -0.3 is 5.11 Å². The van der Waals surface area contributed by atoms with Gasteiger partial charge in [0.25, 0.3) is 0 Å². The third kappa shape index (κ3) is 2.26. The third-order valence-corrected chi connectivity index (χ3v) is 3.16. The van der Waals surface area contributed by atoms with E-state index >= 15 is 0 Å². The lowest BCUT2D eigenvalue weighted by Gasteiger charge is -2.06. The molecular formula is C12H8ClIO. The van der Waals surface area contributed by atoms with Crippen LogP contribution in [0.15, 0.2) is 42.5 Å². The van der Waals surface area contributed by atoms with E-state index in [9.17, 15) is 5.11 Å². The summed E-state index contributed by atoms with van der Waals surface area (Å²) in [5.41, 5.74) is 1.62. The van der Waals surface area contributed by atoms with Gasteiger partial charge in [-0.25, -0.2) is 0 Å². The number of rotatable bonds is 1. The number of phenolic OH excluding ortho intramolecular Hbond substituents is 1. The summed E-state index contributed by atoms with van der Waals surface area (Å²) in [6, 6.07) is 13.0. The molecular weight excluding hydrogens is 322 g/mol. The first-order valence-corrected chi connectivity index (χ1v) is 5.87. The van der Waals surface area contributed by atoms with Crippen molar-refractivity contribution in [1.82, 2.24) is 0 Å². The van der Waals surface area contributed by atoms with Gasteiger partial charge in [0.05, 0.1) is 5.02 Å². The van der Waals surface area contributed by atoms with Crippen LogP contribution in [0.5, 0.6) is 5.75 Å². The molecule has 0 heterocycles. The predicted octanol–water partition coefficient (Wildman–Crippen LogP) is 4.32. The van der Waals surface area contributed by atoms with Crippen LogP contribution in [0, 0.1) is 3.57 Å². The standard InChI is InChI=1S/C12H8ClIO/c13-10-2-1-3-11(15)12(10)8-4-6-9(14)7-5-8/h1-7,15H. The van der Waals surface area contributed by atoms with Crippen molar-refractivity contribution in [2.45, 2.75) is 0 Å². The first kappa shape index (κ1) is 10.8. The Kier molecular flexibility index (Phi) is 3.17. The molecule has 2 aromatic carbocycles. The Bertz CT molecular complexity index is 459. The summed E-state index contributed by atoms with van der Waals surface area (Å²) in [6.07, 6.45) is 0. The lowest BCUT2D eigenvalue weighted by molar-refractivity contribution is 0.477. The van der Waals surface area contributed by atoms with Crippen LogP contribution in [0.2, 0.25) is 5.02 Å². The van der Waals surface area contributed by atoms with Gasteiger partial charge in [-0.1, -0.05) is 29.8 Å². The molecule has 0 spiro atoms. The zero-order valence-corrected chi connectivity index (χ0v) is 10.7. The maximum atomic E-state index is 9.73. The molecule has 76 valence electrons. The van der Waals surface area contributed by atoms with Crippen LogP contribution >= 0.6 is 34.2 Å². The molecule has 0 aliphatic heterocycles. The summed E-state index contributed by atoms with van der Waals surface area (Å²) in [5, 5.41) is 10.3. The normalized spacial score (nSPS) is 10.3. The summed E-state index contributed by atoms with van der Waals surface area (Å²) in [4.78, 5) is 0. The van der Waals surface area contributed by atoms with Crippen LogP contribution in [-0.4, -0.2) is 5.11 Å². The molecule has 1 nitrogen and oxygen atoms in total. The fourth-order valence-corrected chi connectivity index (χ4v) is 2.05. The van der Waals surface area contributed by atoms with Crippen LogP contribution in [0.4, 0.5) is 0 Å². The molecule has 0 aliphatic rings. The minimum Gasteiger partial charge on any atom is -0.507 e. The van der Waals surface area contributed by atoms with Gasteiger partial charge in [-0.15, -0.1) is 0 Å². The monoisotopic (exact) mass is 330 g/mol. The molecule has 0 radical (unpaired) electrons. The van der Waals surface area contributed by atoms with Crippen molar-refractivity contribution >= 4 is 34.2 Å². The summed E-state index contributed by atoms with van der Waals surface area (Å²) >= 11 is 8.28. The zero-order valence-electron chi connectivity index (χ0n) is 7.74. The maximum Gasteiger partial charge on any atom is 0.124 e. The highest BCUT2D eigenvalue weighted by Crippen LogP contribution is 2.35. The van der Waals surface area contributed by atoms with Gasteiger partial charge >= 0.3 is 0 Å². The van der Waals surface area contributed by atoms with Crippen molar-refractivity contribution in [3.8, 4) is 16.9 Å². The van der Waals surface area contributed by atoms with Gasteiger partial charge in [-0.2, -0.15) is 0 Å². The van der Waals surface area contributed by atoms with Crippen molar-refractivity contribution in [2.24, 2.45) is 0 Å². The average Bonchev–Trinajstić information content (AvgIpc) is 2.20. The van der Waals surface area contributed by atoms with Crippen molar-refractivity contribution in [2.75, 3.05) is 0 Å². The molecule has 0 saturated heterocycles. The predicted molar refractivity (Wildman–Crippen MR) is 71.3 cm³/mol. The van der Waals surface area contributed by atoms with Gasteiger partial charge in [0.1, 0.15) is 5.75 Å². The highest BCUT2D eigenvalue weighted by atomic mass is 127. The first-order valence-electron chi connectivity index (χ1n) is 4.42. The number of benzene rings is 2. The second-order valence-corrected chi connectivity index (χ2v) is 4.79. The molecule has 0 atom stereocenters. The fourth-order valence-electron chi connectivity index (χ4n) is 1.42. The molecule has 0 bridgehead atoms. The highest BCUT2D eigenvalue weighted by Gasteiger charge is 2.07. The summed E-state index contributed by atoms with van der Waals surface area (Å²) in [6.45, 7) is 0. The van der Waals surface area contributed by atoms with E-state index in [-0.39, 0.29) is 5.75 Å². The molecule has 0 aliphatic carbocycles. The Labute approximate surface area is 107 Å². The summed E-state index contributed by atoms with van der Waals surface area (Å²) < 4.78 is 1.16. The minimum absolute atomic E-state index is 0.212. The maximum absolute atomic E-state index is 9.73. The molecule has 0 amide bonds. The van der Waals surface area contributed by atoms with Crippen molar-refractivity contribution < 1.29 is 5.11 Å².